The van der Waals surface area contributed by atoms with Crippen LogP contribution in [0.3, 0.4) is 0 Å². The molecule has 0 heterocycles. The Balaban J connectivity index is 1.99. The number of carboxylic acids is 1. The van der Waals surface area contributed by atoms with Crippen molar-refractivity contribution in [3.63, 3.8) is 0 Å². The molecular weight excluding hydrogens is 322 g/mol. The van der Waals surface area contributed by atoms with E-state index in [1.165, 1.54) is 0 Å². The number of carbonyl (C=O) groups excluding carboxylic acids is 1. The van der Waals surface area contributed by atoms with Gasteiger partial charge in [0.25, 0.3) is 0 Å². The number of nitrogens with one attached hydrogen (secondary N) is 1. The molecule has 1 unspecified atom stereocenters. The van der Waals surface area contributed by atoms with Gasteiger partial charge in [0, 0.05) is 11.3 Å². The maximum Gasteiger partial charge on any atom is 0.305 e. The lowest BCUT2D eigenvalue weighted by molar-refractivity contribution is -0.137. The summed E-state index contributed by atoms with van der Waals surface area (Å²) in [4.78, 5) is 24.4. The van der Waals surface area contributed by atoms with Gasteiger partial charge in [-0.15, -0.1) is 11.8 Å². The summed E-state index contributed by atoms with van der Waals surface area (Å²) in [6.07, 6.45) is 2.83. The summed E-state index contributed by atoms with van der Waals surface area (Å²) >= 11 is 1.62. The molecule has 2 aromatic carbocycles. The fourth-order valence-electron chi connectivity index (χ4n) is 2.43. The van der Waals surface area contributed by atoms with Gasteiger partial charge < -0.3 is 10.4 Å². The van der Waals surface area contributed by atoms with E-state index in [2.05, 4.69) is 5.32 Å². The van der Waals surface area contributed by atoms with Crippen molar-refractivity contribution in [3.8, 4) is 0 Å². The number of carbonyl (C=O) groups is 2. The minimum atomic E-state index is -0.933. The molecule has 5 heteroatoms. The fraction of sp³-hybridized carbons (Fsp3) is 0.263. The maximum absolute atomic E-state index is 12.2. The number of rotatable bonds is 8. The first kappa shape index (κ1) is 18.1. The van der Waals surface area contributed by atoms with E-state index in [1.807, 2.05) is 60.9 Å². The summed E-state index contributed by atoms with van der Waals surface area (Å²) in [5.74, 6) is -1.07. The molecule has 24 heavy (non-hydrogen) atoms. The van der Waals surface area contributed by atoms with E-state index in [9.17, 15) is 9.59 Å². The van der Waals surface area contributed by atoms with Crippen molar-refractivity contribution >= 4 is 23.6 Å². The molecule has 0 spiro atoms. The predicted molar refractivity (Wildman–Crippen MR) is 96.1 cm³/mol. The van der Waals surface area contributed by atoms with Crippen LogP contribution in [-0.2, 0) is 16.0 Å². The second-order valence-electron chi connectivity index (χ2n) is 5.48. The van der Waals surface area contributed by atoms with Gasteiger partial charge >= 0.3 is 5.97 Å². The van der Waals surface area contributed by atoms with Gasteiger partial charge in [-0.3, -0.25) is 9.59 Å². The second kappa shape index (κ2) is 9.13. The van der Waals surface area contributed by atoms with Crippen molar-refractivity contribution in [2.75, 3.05) is 6.26 Å². The first-order valence-corrected chi connectivity index (χ1v) is 9.00. The molecule has 0 aliphatic heterocycles. The van der Waals surface area contributed by atoms with Crippen LogP contribution in [0.5, 0.6) is 0 Å². The summed E-state index contributed by atoms with van der Waals surface area (Å²) in [6.45, 7) is 0. The number of hydrogen-bond acceptors (Lipinski definition) is 3. The summed E-state index contributed by atoms with van der Waals surface area (Å²) in [6, 6.07) is 16.9. The van der Waals surface area contributed by atoms with E-state index in [4.69, 9.17) is 5.11 Å². The summed E-state index contributed by atoms with van der Waals surface area (Å²) in [7, 11) is 0. The van der Waals surface area contributed by atoms with Gasteiger partial charge in [-0.2, -0.15) is 0 Å². The Morgan fingerprint density at radius 1 is 1.08 bits per heavy atom. The van der Waals surface area contributed by atoms with Crippen molar-refractivity contribution in [1.29, 1.82) is 0 Å². The predicted octanol–water partition coefficient (Wildman–Crippen LogP) is 3.67. The van der Waals surface area contributed by atoms with Crippen molar-refractivity contribution in [2.45, 2.75) is 30.2 Å². The molecule has 0 saturated heterocycles. The average molecular weight is 343 g/mol. The minimum Gasteiger partial charge on any atom is -0.481 e. The van der Waals surface area contributed by atoms with Gasteiger partial charge in [0.2, 0.25) is 5.91 Å². The third-order valence-corrected chi connectivity index (χ3v) is 4.46. The molecule has 0 bridgehead atoms. The molecule has 1 atom stereocenters. The molecular formula is C19H21NO3S. The van der Waals surface area contributed by atoms with Crippen LogP contribution in [0.2, 0.25) is 0 Å². The Labute approximate surface area is 146 Å². The van der Waals surface area contributed by atoms with Crippen molar-refractivity contribution in [1.82, 2.24) is 5.32 Å². The minimum absolute atomic E-state index is 0.129. The molecule has 0 aliphatic carbocycles. The zero-order valence-electron chi connectivity index (χ0n) is 13.6. The van der Waals surface area contributed by atoms with Gasteiger partial charge in [0.1, 0.15) is 0 Å². The molecule has 0 aliphatic rings. The first-order valence-electron chi connectivity index (χ1n) is 7.77. The zero-order chi connectivity index (χ0) is 17.4. The normalized spacial score (nSPS) is 11.7. The maximum atomic E-state index is 12.2. The molecule has 2 N–H and O–H groups in total. The van der Waals surface area contributed by atoms with Crippen LogP contribution in [0.1, 0.15) is 30.0 Å². The van der Waals surface area contributed by atoms with Crippen LogP contribution in [0, 0.1) is 0 Å². The molecule has 0 saturated carbocycles. The molecule has 1 amide bonds. The number of thioether (sulfide) groups is 1. The van der Waals surface area contributed by atoms with Gasteiger partial charge in [0.15, 0.2) is 0 Å². The lowest BCUT2D eigenvalue weighted by Gasteiger charge is -2.18. The fourth-order valence-corrected chi connectivity index (χ4v) is 2.84. The summed E-state index contributed by atoms with van der Waals surface area (Å²) in [5, 5.41) is 12.0. The van der Waals surface area contributed by atoms with Crippen LogP contribution >= 0.6 is 11.8 Å². The Morgan fingerprint density at radius 2 is 1.75 bits per heavy atom. The molecule has 0 aromatic heterocycles. The topological polar surface area (TPSA) is 66.4 Å². The van der Waals surface area contributed by atoms with Crippen molar-refractivity contribution in [2.24, 2.45) is 0 Å². The summed E-state index contributed by atoms with van der Waals surface area (Å²) in [5.41, 5.74) is 1.90. The average Bonchev–Trinajstić information content (AvgIpc) is 2.60. The molecule has 4 nitrogen and oxygen atoms in total. The third-order valence-electron chi connectivity index (χ3n) is 3.72. The van der Waals surface area contributed by atoms with Crippen molar-refractivity contribution in [3.05, 3.63) is 65.7 Å². The monoisotopic (exact) mass is 343 g/mol. The highest BCUT2D eigenvalue weighted by molar-refractivity contribution is 7.98. The lowest BCUT2D eigenvalue weighted by Crippen LogP contribution is -2.30. The number of benzene rings is 2. The van der Waals surface area contributed by atoms with Crippen LogP contribution in [0.4, 0.5) is 0 Å². The van der Waals surface area contributed by atoms with Crippen LogP contribution in [0.15, 0.2) is 59.5 Å². The van der Waals surface area contributed by atoms with E-state index in [0.29, 0.717) is 12.8 Å². The number of aryl methyl sites for hydroxylation is 1. The Morgan fingerprint density at radius 3 is 2.33 bits per heavy atom. The molecule has 2 aromatic rings. The smallest absolute Gasteiger partial charge is 0.305 e. The second-order valence-corrected chi connectivity index (χ2v) is 6.36. The van der Waals surface area contributed by atoms with E-state index >= 15 is 0 Å². The Kier molecular flexibility index (Phi) is 6.88. The standard InChI is InChI=1S/C19H21NO3S/c1-24-16-10-8-15(9-11-16)17(13-19(22)23)20-18(21)12-7-14-5-3-2-4-6-14/h2-6,8-11,17H,7,12-13H2,1H3,(H,20,21)(H,22,23). The van der Waals surface area contributed by atoms with Gasteiger partial charge in [-0.1, -0.05) is 42.5 Å². The molecule has 0 fully saturated rings. The quantitative estimate of drug-likeness (QED) is 0.718. The Hall–Kier alpha value is -2.27. The number of amides is 1. The van der Waals surface area contributed by atoms with E-state index in [0.717, 1.165) is 16.0 Å². The molecule has 126 valence electrons. The highest BCUT2D eigenvalue weighted by Gasteiger charge is 2.18. The summed E-state index contributed by atoms with van der Waals surface area (Å²) < 4.78 is 0. The van der Waals surface area contributed by atoms with E-state index in [1.54, 1.807) is 11.8 Å². The van der Waals surface area contributed by atoms with Crippen LogP contribution in [0.25, 0.3) is 0 Å². The largest absolute Gasteiger partial charge is 0.481 e. The van der Waals surface area contributed by atoms with E-state index < -0.39 is 12.0 Å². The van der Waals surface area contributed by atoms with Crippen LogP contribution < -0.4 is 5.32 Å². The number of carboxylic acid groups (broad SMARTS) is 1. The number of aliphatic carboxylic acids is 1. The lowest BCUT2D eigenvalue weighted by atomic mass is 10.0. The molecule has 2 rings (SSSR count). The van der Waals surface area contributed by atoms with Gasteiger partial charge in [-0.05, 0) is 35.9 Å². The first-order chi connectivity index (χ1) is 11.6. The zero-order valence-corrected chi connectivity index (χ0v) is 14.4. The van der Waals surface area contributed by atoms with Crippen LogP contribution in [-0.4, -0.2) is 23.2 Å². The molecule has 0 radical (unpaired) electrons. The highest BCUT2D eigenvalue weighted by Crippen LogP contribution is 2.21. The highest BCUT2D eigenvalue weighted by atomic mass is 32.2. The number of hydrogen-bond donors (Lipinski definition) is 2. The SMILES string of the molecule is CSc1ccc(C(CC(=O)O)NC(=O)CCc2ccccc2)cc1. The Bertz CT molecular complexity index is 671. The van der Waals surface area contributed by atoms with Crippen molar-refractivity contribution < 1.29 is 14.7 Å². The van der Waals surface area contributed by atoms with Gasteiger partial charge in [0.05, 0.1) is 12.5 Å². The third kappa shape index (κ3) is 5.74. The van der Waals surface area contributed by atoms with E-state index in [-0.39, 0.29) is 12.3 Å². The van der Waals surface area contributed by atoms with Gasteiger partial charge in [-0.25, -0.2) is 0 Å².